The summed E-state index contributed by atoms with van der Waals surface area (Å²) in [5.74, 6) is 0.721. The van der Waals surface area contributed by atoms with Crippen LogP contribution >= 0.6 is 0 Å². The number of ether oxygens (including phenoxy) is 1. The Morgan fingerprint density at radius 2 is 1.66 bits per heavy atom. The quantitative estimate of drug-likeness (QED) is 0.235. The zero-order valence-electron chi connectivity index (χ0n) is 17.1. The number of nitrogens with zero attached hydrogens (tertiary/aromatic N) is 4. The molecule has 1 heterocycles. The molecule has 9 nitrogen and oxygen atoms in total. The molecule has 0 radical (unpaired) electrons. The third kappa shape index (κ3) is 4.31. The zero-order chi connectivity index (χ0) is 22.5. The molecule has 3 aromatic carbocycles. The fraction of sp³-hybridized carbons (Fsp3) is 0.0870. The summed E-state index contributed by atoms with van der Waals surface area (Å²) >= 11 is 0. The number of hydrogen-bond donors (Lipinski definition) is 1. The maximum absolute atomic E-state index is 13.2. The molecule has 0 unspecified atom stereocenters. The Bertz CT molecular complexity index is 1310. The first kappa shape index (κ1) is 20.7. The lowest BCUT2D eigenvalue weighted by Crippen LogP contribution is -2.13. The Morgan fingerprint density at radius 1 is 0.969 bits per heavy atom. The minimum Gasteiger partial charge on any atom is -0.494 e. The number of nitro groups is 1. The van der Waals surface area contributed by atoms with Gasteiger partial charge in [-0.2, -0.15) is 5.11 Å². The standard InChI is InChI=1S/C23H19N5O4/c1-2-32-20-14-8-17(9-15-20)24-25-22-21(16-6-4-3-5-7-16)26-27(23(22)29)18-10-12-19(13-11-18)28(30)31/h3-15,26H,2H2,1H3. The molecule has 0 aliphatic rings. The Kier molecular flexibility index (Phi) is 5.89. The number of hydrogen-bond acceptors (Lipinski definition) is 6. The van der Waals surface area contributed by atoms with Crippen LogP contribution in [0.5, 0.6) is 5.75 Å². The van der Waals surface area contributed by atoms with Gasteiger partial charge in [0.25, 0.3) is 11.2 Å². The average Bonchev–Trinajstić information content (AvgIpc) is 3.15. The van der Waals surface area contributed by atoms with Gasteiger partial charge in [-0.25, -0.2) is 4.68 Å². The van der Waals surface area contributed by atoms with Crippen LogP contribution in [0.1, 0.15) is 6.92 Å². The third-order valence-corrected chi connectivity index (χ3v) is 4.66. The molecule has 0 amide bonds. The molecule has 160 valence electrons. The van der Waals surface area contributed by atoms with Crippen molar-refractivity contribution in [2.45, 2.75) is 6.92 Å². The average molecular weight is 429 g/mol. The van der Waals surface area contributed by atoms with Crippen LogP contribution < -0.4 is 10.3 Å². The highest BCUT2D eigenvalue weighted by atomic mass is 16.6. The maximum Gasteiger partial charge on any atom is 0.299 e. The van der Waals surface area contributed by atoms with E-state index in [-0.39, 0.29) is 11.4 Å². The van der Waals surface area contributed by atoms with E-state index in [4.69, 9.17) is 4.74 Å². The lowest BCUT2D eigenvalue weighted by atomic mass is 10.1. The highest BCUT2D eigenvalue weighted by Gasteiger charge is 2.17. The van der Waals surface area contributed by atoms with Crippen LogP contribution in [0.25, 0.3) is 16.9 Å². The lowest BCUT2D eigenvalue weighted by Gasteiger charge is -2.02. The second kappa shape index (κ2) is 9.09. The predicted molar refractivity (Wildman–Crippen MR) is 120 cm³/mol. The molecule has 0 saturated heterocycles. The van der Waals surface area contributed by atoms with Crippen molar-refractivity contribution in [3.63, 3.8) is 0 Å². The molecule has 1 aromatic heterocycles. The summed E-state index contributed by atoms with van der Waals surface area (Å²) in [6.45, 7) is 2.47. The van der Waals surface area contributed by atoms with E-state index in [1.165, 1.54) is 28.9 Å². The molecule has 0 spiro atoms. The van der Waals surface area contributed by atoms with Crippen LogP contribution in [-0.2, 0) is 0 Å². The van der Waals surface area contributed by atoms with Crippen molar-refractivity contribution in [3.05, 3.63) is 99.3 Å². The summed E-state index contributed by atoms with van der Waals surface area (Å²) in [6.07, 6.45) is 0. The zero-order valence-corrected chi connectivity index (χ0v) is 17.1. The van der Waals surface area contributed by atoms with Crippen molar-refractivity contribution in [2.24, 2.45) is 10.2 Å². The van der Waals surface area contributed by atoms with Gasteiger partial charge in [-0.15, -0.1) is 5.11 Å². The van der Waals surface area contributed by atoms with E-state index in [0.717, 1.165) is 11.3 Å². The highest BCUT2D eigenvalue weighted by molar-refractivity contribution is 5.72. The first-order valence-electron chi connectivity index (χ1n) is 9.86. The normalized spacial score (nSPS) is 11.0. The number of H-pyrrole nitrogens is 1. The van der Waals surface area contributed by atoms with Crippen molar-refractivity contribution in [1.29, 1.82) is 0 Å². The molecule has 0 fully saturated rings. The molecular formula is C23H19N5O4. The monoisotopic (exact) mass is 429 g/mol. The van der Waals surface area contributed by atoms with Crippen LogP contribution in [0, 0.1) is 10.1 Å². The Morgan fingerprint density at radius 3 is 2.28 bits per heavy atom. The van der Waals surface area contributed by atoms with Crippen molar-refractivity contribution < 1.29 is 9.66 Å². The number of nitro benzene ring substituents is 1. The van der Waals surface area contributed by atoms with E-state index in [1.807, 2.05) is 37.3 Å². The van der Waals surface area contributed by atoms with Crippen LogP contribution in [0.4, 0.5) is 17.1 Å². The summed E-state index contributed by atoms with van der Waals surface area (Å²) in [6, 6.07) is 22.0. The van der Waals surface area contributed by atoms with Crippen molar-refractivity contribution >= 4 is 17.1 Å². The van der Waals surface area contributed by atoms with Gasteiger partial charge in [0, 0.05) is 17.7 Å². The molecule has 32 heavy (non-hydrogen) atoms. The van der Waals surface area contributed by atoms with Gasteiger partial charge in [0.2, 0.25) is 0 Å². The van der Waals surface area contributed by atoms with Crippen LogP contribution in [0.2, 0.25) is 0 Å². The van der Waals surface area contributed by atoms with Crippen molar-refractivity contribution in [3.8, 4) is 22.7 Å². The van der Waals surface area contributed by atoms with E-state index in [1.54, 1.807) is 24.3 Å². The number of aromatic amines is 1. The van der Waals surface area contributed by atoms with Crippen molar-refractivity contribution in [2.75, 3.05) is 6.61 Å². The molecule has 1 N–H and O–H groups in total. The fourth-order valence-electron chi connectivity index (χ4n) is 3.12. The first-order chi connectivity index (χ1) is 15.6. The van der Waals surface area contributed by atoms with Gasteiger partial charge < -0.3 is 4.74 Å². The topological polar surface area (TPSA) is 115 Å². The van der Waals surface area contributed by atoms with Crippen LogP contribution in [0.3, 0.4) is 0 Å². The lowest BCUT2D eigenvalue weighted by molar-refractivity contribution is -0.384. The molecule has 0 aliphatic carbocycles. The first-order valence-corrected chi connectivity index (χ1v) is 9.86. The van der Waals surface area contributed by atoms with E-state index in [2.05, 4.69) is 15.3 Å². The van der Waals surface area contributed by atoms with E-state index in [9.17, 15) is 14.9 Å². The van der Waals surface area contributed by atoms with Gasteiger partial charge in [-0.3, -0.25) is 20.0 Å². The number of rotatable bonds is 7. The Balaban J connectivity index is 1.76. The second-order valence-electron chi connectivity index (χ2n) is 6.74. The van der Waals surface area contributed by atoms with Gasteiger partial charge in [-0.1, -0.05) is 30.3 Å². The molecule has 0 atom stereocenters. The number of benzene rings is 3. The van der Waals surface area contributed by atoms with Gasteiger partial charge in [0.1, 0.15) is 5.75 Å². The SMILES string of the molecule is CCOc1ccc(N=Nc2c(-c3ccccc3)[nH]n(-c3ccc([N+](=O)[O-])cc3)c2=O)cc1. The Hall–Kier alpha value is -4.53. The highest BCUT2D eigenvalue weighted by Crippen LogP contribution is 2.28. The summed E-state index contributed by atoms with van der Waals surface area (Å²) < 4.78 is 6.71. The summed E-state index contributed by atoms with van der Waals surface area (Å²) in [4.78, 5) is 23.6. The van der Waals surface area contributed by atoms with Gasteiger partial charge in [-0.05, 0) is 43.3 Å². The van der Waals surface area contributed by atoms with E-state index < -0.39 is 10.5 Å². The number of nitrogens with one attached hydrogen (secondary N) is 1. The van der Waals surface area contributed by atoms with Crippen molar-refractivity contribution in [1.82, 2.24) is 9.78 Å². The summed E-state index contributed by atoms with van der Waals surface area (Å²) in [5, 5.41) is 22.4. The van der Waals surface area contributed by atoms with Gasteiger partial charge in [0.05, 0.1) is 28.6 Å². The van der Waals surface area contributed by atoms with E-state index >= 15 is 0 Å². The molecule has 4 aromatic rings. The molecule has 0 bridgehead atoms. The van der Waals surface area contributed by atoms with Crippen LogP contribution in [-0.4, -0.2) is 21.3 Å². The summed E-state index contributed by atoms with van der Waals surface area (Å²) in [5.41, 5.74) is 1.90. The summed E-state index contributed by atoms with van der Waals surface area (Å²) in [7, 11) is 0. The minimum atomic E-state index is -0.493. The van der Waals surface area contributed by atoms with E-state index in [0.29, 0.717) is 23.7 Å². The second-order valence-corrected chi connectivity index (χ2v) is 6.74. The van der Waals surface area contributed by atoms with Crippen LogP contribution in [0.15, 0.2) is 93.9 Å². The predicted octanol–water partition coefficient (Wildman–Crippen LogP) is 5.55. The molecular weight excluding hydrogens is 410 g/mol. The largest absolute Gasteiger partial charge is 0.494 e. The van der Waals surface area contributed by atoms with Gasteiger partial charge >= 0.3 is 0 Å². The fourth-order valence-corrected chi connectivity index (χ4v) is 3.12. The van der Waals surface area contributed by atoms with Gasteiger partial charge in [0.15, 0.2) is 5.69 Å². The number of aromatic nitrogens is 2. The molecule has 9 heteroatoms. The third-order valence-electron chi connectivity index (χ3n) is 4.66. The molecule has 0 aliphatic heterocycles. The molecule has 4 rings (SSSR count). The number of non-ortho nitro benzene ring substituents is 1. The molecule has 0 saturated carbocycles. The maximum atomic E-state index is 13.2. The Labute approximate surface area is 182 Å². The number of azo groups is 1. The minimum absolute atomic E-state index is 0.0629. The smallest absolute Gasteiger partial charge is 0.299 e.